The molecule has 0 aliphatic heterocycles. The largest absolute Gasteiger partial charge is 0.481 e. The van der Waals surface area contributed by atoms with E-state index >= 15 is 0 Å². The Morgan fingerprint density at radius 1 is 1.36 bits per heavy atom. The smallest absolute Gasteiger partial charge is 0.213 e. The first-order valence-electron chi connectivity index (χ1n) is 4.76. The number of nitrogens with zero attached hydrogens (tertiary/aromatic N) is 1. The van der Waals surface area contributed by atoms with E-state index in [9.17, 15) is 0 Å². The number of rotatable bonds is 3. The minimum atomic E-state index is 0.116. The van der Waals surface area contributed by atoms with Crippen LogP contribution in [0.3, 0.4) is 0 Å². The van der Waals surface area contributed by atoms with Gasteiger partial charge in [0.15, 0.2) is 0 Å². The Morgan fingerprint density at radius 2 is 2.07 bits per heavy atom. The van der Waals surface area contributed by atoms with Gasteiger partial charge in [-0.15, -0.1) is 0 Å². The molecule has 3 nitrogen and oxygen atoms in total. The standard InChI is InChI=1S/C11H18N2O/c1-11(2,3)12-8-9-6-5-7-10(13-9)14-4/h5-7,12H,8H2,1-4H3. The van der Waals surface area contributed by atoms with Crippen molar-refractivity contribution < 1.29 is 4.74 Å². The Kier molecular flexibility index (Phi) is 3.47. The number of nitrogens with one attached hydrogen (secondary N) is 1. The van der Waals surface area contributed by atoms with E-state index in [4.69, 9.17) is 4.74 Å². The third-order valence-electron chi connectivity index (χ3n) is 1.79. The SMILES string of the molecule is COc1cccc(CNC(C)(C)C)n1. The van der Waals surface area contributed by atoms with Gasteiger partial charge in [-0.1, -0.05) is 6.07 Å². The van der Waals surface area contributed by atoms with Crippen LogP contribution >= 0.6 is 0 Å². The molecule has 0 aromatic carbocycles. The fourth-order valence-corrected chi connectivity index (χ4v) is 1.03. The topological polar surface area (TPSA) is 34.1 Å². The van der Waals surface area contributed by atoms with E-state index in [-0.39, 0.29) is 5.54 Å². The lowest BCUT2D eigenvalue weighted by molar-refractivity contribution is 0.390. The highest BCUT2D eigenvalue weighted by atomic mass is 16.5. The van der Waals surface area contributed by atoms with Gasteiger partial charge in [-0.05, 0) is 26.8 Å². The first-order chi connectivity index (χ1) is 6.51. The van der Waals surface area contributed by atoms with Crippen LogP contribution in [0.15, 0.2) is 18.2 Å². The number of hydrogen-bond donors (Lipinski definition) is 1. The molecular formula is C11H18N2O. The highest BCUT2D eigenvalue weighted by molar-refractivity contribution is 5.15. The summed E-state index contributed by atoms with van der Waals surface area (Å²) < 4.78 is 5.05. The lowest BCUT2D eigenvalue weighted by Crippen LogP contribution is -2.35. The van der Waals surface area contributed by atoms with Crippen molar-refractivity contribution in [2.75, 3.05) is 7.11 Å². The molecule has 0 saturated carbocycles. The van der Waals surface area contributed by atoms with Gasteiger partial charge in [0.05, 0.1) is 12.8 Å². The predicted molar refractivity (Wildman–Crippen MR) is 57.4 cm³/mol. The average Bonchev–Trinajstić information content (AvgIpc) is 2.14. The molecule has 1 aromatic rings. The third-order valence-corrected chi connectivity index (χ3v) is 1.79. The van der Waals surface area contributed by atoms with Gasteiger partial charge in [-0.25, -0.2) is 4.98 Å². The van der Waals surface area contributed by atoms with E-state index in [2.05, 4.69) is 31.1 Å². The zero-order valence-electron chi connectivity index (χ0n) is 9.29. The lowest BCUT2D eigenvalue weighted by atomic mass is 10.1. The molecule has 0 spiro atoms. The van der Waals surface area contributed by atoms with Crippen molar-refractivity contribution in [2.24, 2.45) is 0 Å². The lowest BCUT2D eigenvalue weighted by Gasteiger charge is -2.20. The summed E-state index contributed by atoms with van der Waals surface area (Å²) in [6, 6.07) is 5.79. The number of hydrogen-bond acceptors (Lipinski definition) is 3. The molecule has 1 rings (SSSR count). The van der Waals surface area contributed by atoms with Crippen molar-refractivity contribution >= 4 is 0 Å². The van der Waals surface area contributed by atoms with Gasteiger partial charge in [0, 0.05) is 18.2 Å². The maximum atomic E-state index is 5.05. The molecule has 0 atom stereocenters. The fraction of sp³-hybridized carbons (Fsp3) is 0.545. The van der Waals surface area contributed by atoms with Crippen molar-refractivity contribution in [1.82, 2.24) is 10.3 Å². The molecule has 0 fully saturated rings. The van der Waals surface area contributed by atoms with Crippen molar-refractivity contribution in [3.8, 4) is 5.88 Å². The maximum Gasteiger partial charge on any atom is 0.213 e. The maximum absolute atomic E-state index is 5.05. The normalized spacial score (nSPS) is 11.4. The van der Waals surface area contributed by atoms with Gasteiger partial charge in [0.2, 0.25) is 5.88 Å². The van der Waals surface area contributed by atoms with Gasteiger partial charge >= 0.3 is 0 Å². The highest BCUT2D eigenvalue weighted by Gasteiger charge is 2.08. The minimum Gasteiger partial charge on any atom is -0.481 e. The van der Waals surface area contributed by atoms with E-state index in [1.165, 1.54) is 0 Å². The monoisotopic (exact) mass is 194 g/mol. The van der Waals surface area contributed by atoms with Crippen LogP contribution in [0.5, 0.6) is 5.88 Å². The Hall–Kier alpha value is -1.09. The van der Waals surface area contributed by atoms with Crippen molar-refractivity contribution in [3.05, 3.63) is 23.9 Å². The summed E-state index contributed by atoms with van der Waals surface area (Å²) in [5.41, 5.74) is 1.12. The van der Waals surface area contributed by atoms with Crippen LogP contribution in [0.2, 0.25) is 0 Å². The summed E-state index contributed by atoms with van der Waals surface area (Å²) in [7, 11) is 1.63. The Balaban J connectivity index is 2.59. The van der Waals surface area contributed by atoms with Crippen LogP contribution in [0.1, 0.15) is 26.5 Å². The fourth-order valence-electron chi connectivity index (χ4n) is 1.03. The molecule has 0 bridgehead atoms. The zero-order valence-corrected chi connectivity index (χ0v) is 9.29. The second-order valence-corrected chi connectivity index (χ2v) is 4.27. The molecule has 0 amide bonds. The first kappa shape index (κ1) is 11.0. The van der Waals surface area contributed by atoms with E-state index in [1.807, 2.05) is 18.2 Å². The third kappa shape index (κ3) is 3.75. The second kappa shape index (κ2) is 4.42. The highest BCUT2D eigenvalue weighted by Crippen LogP contribution is 2.07. The Morgan fingerprint density at radius 3 is 2.64 bits per heavy atom. The summed E-state index contributed by atoms with van der Waals surface area (Å²) in [6.07, 6.45) is 0. The summed E-state index contributed by atoms with van der Waals surface area (Å²) in [5, 5.41) is 3.37. The summed E-state index contributed by atoms with van der Waals surface area (Å²) in [5.74, 6) is 0.665. The average molecular weight is 194 g/mol. The van der Waals surface area contributed by atoms with E-state index < -0.39 is 0 Å². The molecule has 1 N–H and O–H groups in total. The first-order valence-corrected chi connectivity index (χ1v) is 4.76. The quantitative estimate of drug-likeness (QED) is 0.799. The number of pyridine rings is 1. The van der Waals surface area contributed by atoms with Gasteiger partial charge < -0.3 is 10.1 Å². The van der Waals surface area contributed by atoms with Gasteiger partial charge in [-0.2, -0.15) is 0 Å². The minimum absolute atomic E-state index is 0.116. The molecule has 0 aliphatic carbocycles. The molecule has 0 radical (unpaired) electrons. The Labute approximate surface area is 85.5 Å². The van der Waals surface area contributed by atoms with E-state index in [0.29, 0.717) is 5.88 Å². The van der Waals surface area contributed by atoms with Crippen molar-refractivity contribution in [2.45, 2.75) is 32.9 Å². The van der Waals surface area contributed by atoms with E-state index in [1.54, 1.807) is 7.11 Å². The van der Waals surface area contributed by atoms with Crippen molar-refractivity contribution in [1.29, 1.82) is 0 Å². The van der Waals surface area contributed by atoms with Crippen LogP contribution in [-0.4, -0.2) is 17.6 Å². The van der Waals surface area contributed by atoms with Crippen molar-refractivity contribution in [3.63, 3.8) is 0 Å². The molecule has 0 aliphatic rings. The van der Waals surface area contributed by atoms with Gasteiger partial charge in [0.1, 0.15) is 0 Å². The molecule has 1 heterocycles. The van der Waals surface area contributed by atoms with Crippen LogP contribution in [0, 0.1) is 0 Å². The molecule has 14 heavy (non-hydrogen) atoms. The molecule has 0 unspecified atom stereocenters. The zero-order chi connectivity index (χ0) is 10.6. The van der Waals surface area contributed by atoms with Crippen LogP contribution in [0.4, 0.5) is 0 Å². The molecule has 1 aromatic heterocycles. The molecular weight excluding hydrogens is 176 g/mol. The predicted octanol–water partition coefficient (Wildman–Crippen LogP) is 1.98. The number of methoxy groups -OCH3 is 1. The van der Waals surface area contributed by atoms with Gasteiger partial charge in [-0.3, -0.25) is 0 Å². The molecule has 78 valence electrons. The molecule has 3 heteroatoms. The summed E-state index contributed by atoms with van der Waals surface area (Å²) in [4.78, 5) is 4.31. The van der Waals surface area contributed by atoms with Gasteiger partial charge in [0.25, 0.3) is 0 Å². The Bertz CT molecular complexity index is 292. The van der Waals surface area contributed by atoms with Crippen LogP contribution < -0.4 is 10.1 Å². The molecule has 0 saturated heterocycles. The summed E-state index contributed by atoms with van der Waals surface area (Å²) >= 11 is 0. The number of ether oxygens (including phenoxy) is 1. The van der Waals surface area contributed by atoms with E-state index in [0.717, 1.165) is 12.2 Å². The second-order valence-electron chi connectivity index (χ2n) is 4.27. The van der Waals surface area contributed by atoms with Crippen LogP contribution in [-0.2, 0) is 6.54 Å². The summed E-state index contributed by atoms with van der Waals surface area (Å²) in [6.45, 7) is 7.16. The number of aromatic nitrogens is 1. The van der Waals surface area contributed by atoms with Crippen LogP contribution in [0.25, 0.3) is 0 Å².